The molecule has 1 aliphatic rings. The third kappa shape index (κ3) is 4.29. The Morgan fingerprint density at radius 3 is 2.34 bits per heavy atom. The Labute approximate surface area is 195 Å². The van der Waals surface area contributed by atoms with Crippen LogP contribution in [0, 0.1) is 11.8 Å². The van der Waals surface area contributed by atoms with Gasteiger partial charge in [-0.1, -0.05) is 92.2 Å². The summed E-state index contributed by atoms with van der Waals surface area (Å²) in [5.41, 5.74) is 5.60. The third-order valence-corrected chi connectivity index (χ3v) is 7.41. The highest BCUT2D eigenvalue weighted by Crippen LogP contribution is 2.47. The van der Waals surface area contributed by atoms with E-state index in [4.69, 9.17) is 11.6 Å². The number of halogens is 1. The first-order valence-corrected chi connectivity index (χ1v) is 11.8. The molecule has 0 aromatic heterocycles. The van der Waals surface area contributed by atoms with Gasteiger partial charge in [0.15, 0.2) is 0 Å². The molecule has 2 nitrogen and oxygen atoms in total. The van der Waals surface area contributed by atoms with Crippen LogP contribution in [0.3, 0.4) is 0 Å². The van der Waals surface area contributed by atoms with E-state index in [9.17, 15) is 9.59 Å². The van der Waals surface area contributed by atoms with Gasteiger partial charge in [0.05, 0.1) is 0 Å². The van der Waals surface area contributed by atoms with Crippen LogP contribution in [0.25, 0.3) is 0 Å². The standard InChI is InChI=1S/C29H29ClO2/c1-3-20-10-4-5-11-21(20)16-23(18-31)29(25-14-8-9-15-26(25)30)28-19(2)24-13-7-6-12-22(24)17-27(28)32/h4-15,18-19,23,28-29H,3,16-17H2,1-2H3. The Hall–Kier alpha value is -2.71. The summed E-state index contributed by atoms with van der Waals surface area (Å²) < 4.78 is 0. The zero-order valence-corrected chi connectivity index (χ0v) is 19.4. The first-order chi connectivity index (χ1) is 15.5. The van der Waals surface area contributed by atoms with E-state index >= 15 is 0 Å². The fourth-order valence-corrected chi connectivity index (χ4v) is 5.74. The lowest BCUT2D eigenvalue weighted by Crippen LogP contribution is -2.37. The zero-order valence-electron chi connectivity index (χ0n) is 18.6. The molecule has 32 heavy (non-hydrogen) atoms. The Balaban J connectivity index is 1.81. The summed E-state index contributed by atoms with van der Waals surface area (Å²) in [6.45, 7) is 4.25. The van der Waals surface area contributed by atoms with E-state index in [-0.39, 0.29) is 29.5 Å². The molecule has 0 bridgehead atoms. The van der Waals surface area contributed by atoms with Crippen molar-refractivity contribution in [3.8, 4) is 0 Å². The van der Waals surface area contributed by atoms with Gasteiger partial charge in [-0.25, -0.2) is 0 Å². The molecular weight excluding hydrogens is 416 g/mol. The number of benzene rings is 3. The van der Waals surface area contributed by atoms with Crippen LogP contribution in [0.2, 0.25) is 5.02 Å². The van der Waals surface area contributed by atoms with Gasteiger partial charge in [-0.2, -0.15) is 0 Å². The van der Waals surface area contributed by atoms with Crippen molar-refractivity contribution in [2.45, 2.75) is 44.9 Å². The SMILES string of the molecule is CCc1ccccc1CC(C=O)C(c1ccccc1Cl)C1C(=O)Cc2ccccc2C1C. The Bertz CT molecular complexity index is 1120. The maximum Gasteiger partial charge on any atom is 0.141 e. The van der Waals surface area contributed by atoms with Crippen molar-refractivity contribution in [2.75, 3.05) is 0 Å². The number of Topliss-reactive ketones (excluding diaryl/α,β-unsaturated/α-hetero) is 1. The normalized spacial score (nSPS) is 19.8. The number of aldehydes is 1. The number of hydrogen-bond acceptors (Lipinski definition) is 2. The van der Waals surface area contributed by atoms with Gasteiger partial charge in [0, 0.05) is 29.2 Å². The van der Waals surface area contributed by atoms with Gasteiger partial charge in [-0.05, 0) is 52.6 Å². The molecule has 0 saturated heterocycles. The van der Waals surface area contributed by atoms with Crippen LogP contribution < -0.4 is 0 Å². The van der Waals surface area contributed by atoms with E-state index in [1.807, 2.05) is 54.6 Å². The highest BCUT2D eigenvalue weighted by atomic mass is 35.5. The maximum absolute atomic E-state index is 13.5. The van der Waals surface area contributed by atoms with Crippen LogP contribution in [-0.4, -0.2) is 12.1 Å². The summed E-state index contributed by atoms with van der Waals surface area (Å²) in [5.74, 6) is -0.714. The van der Waals surface area contributed by atoms with Crippen LogP contribution in [0.1, 0.15) is 53.5 Å². The largest absolute Gasteiger partial charge is 0.303 e. The average molecular weight is 445 g/mol. The molecule has 3 heteroatoms. The van der Waals surface area contributed by atoms with E-state index in [0.717, 1.165) is 23.8 Å². The van der Waals surface area contributed by atoms with Crippen LogP contribution in [0.5, 0.6) is 0 Å². The van der Waals surface area contributed by atoms with Crippen LogP contribution in [0.4, 0.5) is 0 Å². The molecule has 0 heterocycles. The van der Waals surface area contributed by atoms with E-state index in [1.165, 1.54) is 16.7 Å². The molecule has 0 radical (unpaired) electrons. The summed E-state index contributed by atoms with van der Waals surface area (Å²) in [6.07, 6.45) is 2.95. The van der Waals surface area contributed by atoms with E-state index in [1.54, 1.807) is 0 Å². The minimum atomic E-state index is -0.343. The zero-order chi connectivity index (χ0) is 22.7. The molecule has 0 saturated carbocycles. The average Bonchev–Trinajstić information content (AvgIpc) is 2.81. The Morgan fingerprint density at radius 2 is 1.62 bits per heavy atom. The number of aryl methyl sites for hydroxylation is 1. The lowest BCUT2D eigenvalue weighted by Gasteiger charge is -2.39. The first-order valence-electron chi connectivity index (χ1n) is 11.4. The molecular formula is C29H29ClO2. The molecule has 0 amide bonds. The fourth-order valence-electron chi connectivity index (χ4n) is 5.48. The summed E-state index contributed by atoms with van der Waals surface area (Å²) in [7, 11) is 0. The van der Waals surface area contributed by atoms with Crippen molar-refractivity contribution in [1.29, 1.82) is 0 Å². The number of carbonyl (C=O) groups is 2. The van der Waals surface area contributed by atoms with Crippen molar-refractivity contribution in [3.05, 3.63) is 106 Å². The van der Waals surface area contributed by atoms with Gasteiger partial charge in [0.2, 0.25) is 0 Å². The smallest absolute Gasteiger partial charge is 0.141 e. The molecule has 3 aromatic rings. The summed E-state index contributed by atoms with van der Waals surface area (Å²) >= 11 is 6.67. The molecule has 4 atom stereocenters. The molecule has 0 spiro atoms. The molecule has 0 aliphatic heterocycles. The third-order valence-electron chi connectivity index (χ3n) is 7.06. The lowest BCUT2D eigenvalue weighted by atomic mass is 9.63. The van der Waals surface area contributed by atoms with Crippen molar-refractivity contribution in [2.24, 2.45) is 11.8 Å². The highest BCUT2D eigenvalue weighted by molar-refractivity contribution is 6.31. The Morgan fingerprint density at radius 1 is 0.969 bits per heavy atom. The van der Waals surface area contributed by atoms with Crippen LogP contribution in [-0.2, 0) is 28.9 Å². The molecule has 0 fully saturated rings. The Kier molecular flexibility index (Phi) is 6.91. The summed E-state index contributed by atoms with van der Waals surface area (Å²) in [5, 5.41) is 0.618. The molecule has 4 unspecified atom stereocenters. The predicted octanol–water partition coefficient (Wildman–Crippen LogP) is 6.59. The second-order valence-electron chi connectivity index (χ2n) is 8.83. The van der Waals surface area contributed by atoms with Gasteiger partial charge in [-0.3, -0.25) is 4.79 Å². The predicted molar refractivity (Wildman–Crippen MR) is 130 cm³/mol. The second kappa shape index (κ2) is 9.83. The molecule has 1 aliphatic carbocycles. The number of rotatable bonds is 7. The lowest BCUT2D eigenvalue weighted by molar-refractivity contribution is -0.125. The molecule has 164 valence electrons. The topological polar surface area (TPSA) is 34.1 Å². The molecule has 4 rings (SSSR count). The summed E-state index contributed by atoms with van der Waals surface area (Å²) in [4.78, 5) is 26.1. The van der Waals surface area contributed by atoms with E-state index < -0.39 is 0 Å². The maximum atomic E-state index is 13.5. The van der Waals surface area contributed by atoms with Crippen molar-refractivity contribution in [3.63, 3.8) is 0 Å². The summed E-state index contributed by atoms with van der Waals surface area (Å²) in [6, 6.07) is 24.1. The fraction of sp³-hybridized carbons (Fsp3) is 0.310. The van der Waals surface area contributed by atoms with Crippen molar-refractivity contribution < 1.29 is 9.59 Å². The number of ketones is 1. The number of carbonyl (C=O) groups excluding carboxylic acids is 2. The van der Waals surface area contributed by atoms with Crippen LogP contribution in [0.15, 0.2) is 72.8 Å². The van der Waals surface area contributed by atoms with Crippen molar-refractivity contribution >= 4 is 23.7 Å². The van der Waals surface area contributed by atoms with Gasteiger partial charge in [-0.15, -0.1) is 0 Å². The quantitative estimate of drug-likeness (QED) is 0.385. The van der Waals surface area contributed by atoms with Gasteiger partial charge >= 0.3 is 0 Å². The highest BCUT2D eigenvalue weighted by Gasteiger charge is 2.42. The minimum Gasteiger partial charge on any atom is -0.303 e. The van der Waals surface area contributed by atoms with E-state index in [2.05, 4.69) is 32.0 Å². The van der Waals surface area contributed by atoms with Gasteiger partial charge in [0.1, 0.15) is 12.1 Å². The van der Waals surface area contributed by atoms with Gasteiger partial charge < -0.3 is 4.79 Å². The number of hydrogen-bond donors (Lipinski definition) is 0. The van der Waals surface area contributed by atoms with E-state index in [0.29, 0.717) is 17.9 Å². The molecule has 0 N–H and O–H groups in total. The first kappa shape index (κ1) is 22.5. The molecule has 3 aromatic carbocycles. The van der Waals surface area contributed by atoms with Crippen LogP contribution >= 0.6 is 11.6 Å². The van der Waals surface area contributed by atoms with Gasteiger partial charge in [0.25, 0.3) is 0 Å². The van der Waals surface area contributed by atoms with Crippen molar-refractivity contribution in [1.82, 2.24) is 0 Å². The monoisotopic (exact) mass is 444 g/mol. The second-order valence-corrected chi connectivity index (χ2v) is 9.24. The number of fused-ring (bicyclic) bond motifs is 1. The minimum absolute atomic E-state index is 0.0117.